The van der Waals surface area contributed by atoms with Crippen molar-refractivity contribution < 1.29 is 12.3 Å². The second kappa shape index (κ2) is 22.5. The predicted octanol–water partition coefficient (Wildman–Crippen LogP) is 21.0. The average molecular weight is 1200 g/mol. The molecule has 4 heterocycles. The van der Waals surface area contributed by atoms with Gasteiger partial charge in [-0.1, -0.05) is 168 Å². The number of benzene rings is 7. The Morgan fingerprint density at radius 2 is 0.890 bits per heavy atom. The molecule has 0 fully saturated rings. The molecule has 7 aromatic carbocycles. The SMILES string of the molecule is [2H]c1cc2c3c(c1)N(C1C(C4CC=CCC4)=CCCC1C1=CCCCC1)c1cc(-n4c5ccc(C(C)(C)C)cc5c5c([2H])c([2H])c([2H])c([2H])c54)ccc1B3c1ccc(-n3c4ccc(C(C)(C)C)cc4c4c([2H])c([2H])c([2H])c([2H])c43)cc1N2C1C(C2CC=CCC2)=CCCC1C1=CCCCC1. The van der Waals surface area contributed by atoms with Crippen molar-refractivity contribution in [3.05, 3.63) is 221 Å². The zero-order valence-corrected chi connectivity index (χ0v) is 54.3. The summed E-state index contributed by atoms with van der Waals surface area (Å²) in [5.41, 5.74) is 19.5. The highest BCUT2D eigenvalue weighted by molar-refractivity contribution is 7.00. The summed E-state index contributed by atoms with van der Waals surface area (Å²) in [5.74, 6) is 1.02. The average Bonchev–Trinajstić information content (AvgIpc) is 1.05. The molecule has 2 aromatic heterocycles. The number of para-hydroxylation sites is 2. The second-order valence-corrected chi connectivity index (χ2v) is 30.1. The lowest BCUT2D eigenvalue weighted by molar-refractivity contribution is 0.391. The van der Waals surface area contributed by atoms with E-state index in [0.717, 1.165) is 181 Å². The van der Waals surface area contributed by atoms with Crippen LogP contribution in [0, 0.1) is 23.7 Å². The second-order valence-electron chi connectivity index (χ2n) is 30.1. The summed E-state index contributed by atoms with van der Waals surface area (Å²) in [5, 5.41) is 2.60. The van der Waals surface area contributed by atoms with Crippen molar-refractivity contribution in [2.75, 3.05) is 9.80 Å². The molecular weight excluding hydrogens is 1100 g/mol. The summed E-state index contributed by atoms with van der Waals surface area (Å²) in [4.78, 5) is 5.46. The van der Waals surface area contributed by atoms with Crippen molar-refractivity contribution in [2.24, 2.45) is 23.7 Å². The Morgan fingerprint density at radius 1 is 0.418 bits per heavy atom. The van der Waals surface area contributed by atoms with Crippen molar-refractivity contribution in [3.63, 3.8) is 0 Å². The molecule has 0 N–H and O–H groups in total. The number of nitrogens with zero attached hydrogens (tertiary/aromatic N) is 4. The van der Waals surface area contributed by atoms with E-state index < -0.39 is 0 Å². The molecule has 91 heavy (non-hydrogen) atoms. The van der Waals surface area contributed by atoms with Gasteiger partial charge in [0.15, 0.2) is 0 Å². The molecule has 8 aliphatic rings. The van der Waals surface area contributed by atoms with Crippen LogP contribution >= 0.6 is 0 Å². The summed E-state index contributed by atoms with van der Waals surface area (Å²) >= 11 is 0. The summed E-state index contributed by atoms with van der Waals surface area (Å²) in [6.45, 7) is 12.8. The zero-order valence-electron chi connectivity index (χ0n) is 63.3. The lowest BCUT2D eigenvalue weighted by atomic mass is 9.33. The molecule has 5 heteroatoms. The first-order valence-corrected chi connectivity index (χ1v) is 34.9. The van der Waals surface area contributed by atoms with Gasteiger partial charge in [-0.25, -0.2) is 0 Å². The Kier molecular flexibility index (Phi) is 11.9. The fraction of sp³-hybridized carbons (Fsp3) is 0.372. The zero-order chi connectivity index (χ0) is 69.1. The van der Waals surface area contributed by atoms with E-state index in [9.17, 15) is 9.60 Å². The topological polar surface area (TPSA) is 16.3 Å². The molecule has 0 bridgehead atoms. The minimum atomic E-state index is -0.345. The standard InChI is InChI=1S/C86H91BN4/c1-85(2,3)60-44-50-76-70(52-60)68-34-19-21-40-74(68)88(76)62-46-48-72-80(54-62)90(83-64(56-26-11-7-12-27-56)36-23-37-65(83)57-28-13-8-14-29-57)78-42-25-43-79-82(78)87(72)73-49-47-63(89-75-41-22-20-35-69(75)71-53-61(86(4,5)6)45-51-77(71)89)55-81(73)91(79)84-66(58-30-15-9-16-31-58)38-24-39-67(84)59-32-17-10-18-33-59/h7,9,11,15,19-22,25,28,32,34-36,38,40-56,58,65,67,83-84H,8,10,12-14,16-18,23-24,26-27,29-31,33,37,39H2,1-6H3/i19D,20D,21D,22D,25D,34D,35D,40D,41D. The van der Waals surface area contributed by atoms with E-state index in [-0.39, 0.29) is 89.8 Å². The van der Waals surface area contributed by atoms with Crippen molar-refractivity contribution >= 4 is 89.5 Å². The maximum absolute atomic E-state index is 10.6. The molecule has 6 aliphatic carbocycles. The first-order chi connectivity index (χ1) is 48.2. The van der Waals surface area contributed by atoms with E-state index in [0.29, 0.717) is 39.7 Å². The van der Waals surface area contributed by atoms with Crippen LogP contribution in [-0.2, 0) is 10.8 Å². The van der Waals surface area contributed by atoms with Crippen LogP contribution in [0.25, 0.3) is 55.0 Å². The summed E-state index contributed by atoms with van der Waals surface area (Å²) < 4.78 is 90.7. The highest BCUT2D eigenvalue weighted by atomic mass is 15.2. The van der Waals surface area contributed by atoms with E-state index in [1.165, 1.54) is 29.5 Å². The quantitative estimate of drug-likeness (QED) is 0.111. The number of fused-ring (bicyclic) bond motifs is 10. The van der Waals surface area contributed by atoms with E-state index in [2.05, 4.69) is 194 Å². The van der Waals surface area contributed by atoms with Crippen LogP contribution in [0.3, 0.4) is 0 Å². The van der Waals surface area contributed by atoms with Gasteiger partial charge in [-0.3, -0.25) is 0 Å². The van der Waals surface area contributed by atoms with Crippen LogP contribution in [-0.4, -0.2) is 27.9 Å². The van der Waals surface area contributed by atoms with E-state index in [1.54, 1.807) is 11.1 Å². The van der Waals surface area contributed by atoms with Crippen LogP contribution in [0.5, 0.6) is 0 Å². The molecule has 0 spiro atoms. The molecule has 4 nitrogen and oxygen atoms in total. The van der Waals surface area contributed by atoms with Gasteiger partial charge in [0.25, 0.3) is 6.71 Å². The largest absolute Gasteiger partial charge is 0.334 e. The first-order valence-electron chi connectivity index (χ1n) is 39.4. The predicted molar refractivity (Wildman–Crippen MR) is 390 cm³/mol. The third kappa shape index (κ3) is 9.49. The minimum absolute atomic E-state index is 0.0477. The van der Waals surface area contributed by atoms with Crippen LogP contribution in [0.4, 0.5) is 22.7 Å². The van der Waals surface area contributed by atoms with Crippen molar-refractivity contribution in [2.45, 2.75) is 180 Å². The van der Waals surface area contributed by atoms with Crippen molar-refractivity contribution in [1.82, 2.24) is 9.13 Å². The number of aromatic nitrogens is 2. The number of hydrogen-bond donors (Lipinski definition) is 0. The van der Waals surface area contributed by atoms with E-state index in [1.807, 2.05) is 0 Å². The van der Waals surface area contributed by atoms with Gasteiger partial charge >= 0.3 is 0 Å². The lowest BCUT2D eigenvalue weighted by Gasteiger charge is -2.53. The Morgan fingerprint density at radius 3 is 1.32 bits per heavy atom. The third-order valence-electron chi connectivity index (χ3n) is 22.8. The number of hydrogen-bond acceptors (Lipinski definition) is 2. The van der Waals surface area contributed by atoms with Gasteiger partial charge in [-0.15, -0.1) is 0 Å². The molecule has 458 valence electrons. The summed E-state index contributed by atoms with van der Waals surface area (Å²) in [6.07, 6.45) is 39.0. The molecule has 6 atom stereocenters. The number of rotatable bonds is 8. The lowest BCUT2D eigenvalue weighted by Crippen LogP contribution is -2.65. The van der Waals surface area contributed by atoms with Crippen LogP contribution in [0.2, 0.25) is 0 Å². The smallest absolute Gasteiger partial charge is 0.252 e. The van der Waals surface area contributed by atoms with E-state index >= 15 is 0 Å². The number of allylic oxidation sites excluding steroid dienone is 8. The molecule has 0 saturated heterocycles. The molecule has 0 saturated carbocycles. The Hall–Kier alpha value is -7.76. The van der Waals surface area contributed by atoms with E-state index in [4.69, 9.17) is 2.74 Å². The molecule has 2 aliphatic heterocycles. The minimum Gasteiger partial charge on any atom is -0.334 e. The van der Waals surface area contributed by atoms with Gasteiger partial charge < -0.3 is 18.9 Å². The maximum atomic E-state index is 10.6. The Balaban J connectivity index is 0.994. The van der Waals surface area contributed by atoms with Crippen molar-refractivity contribution in [1.29, 1.82) is 0 Å². The molecule has 0 radical (unpaired) electrons. The number of anilines is 4. The summed E-state index contributed by atoms with van der Waals surface area (Å²) in [6, 6.07) is 30.1. The summed E-state index contributed by atoms with van der Waals surface area (Å²) in [7, 11) is 0. The fourth-order valence-corrected chi connectivity index (χ4v) is 18.4. The molecule has 9 aromatic rings. The molecular formula is C86H91BN4. The highest BCUT2D eigenvalue weighted by Crippen LogP contribution is 2.53. The van der Waals surface area contributed by atoms with Gasteiger partial charge in [0.1, 0.15) is 0 Å². The van der Waals surface area contributed by atoms with Gasteiger partial charge in [-0.2, -0.15) is 0 Å². The normalized spacial score (nSPS) is 24.9. The molecule has 0 amide bonds. The monoisotopic (exact) mass is 1200 g/mol. The fourth-order valence-electron chi connectivity index (χ4n) is 18.4. The molecule has 17 rings (SSSR count). The third-order valence-corrected chi connectivity index (χ3v) is 22.8. The van der Waals surface area contributed by atoms with Crippen molar-refractivity contribution in [3.8, 4) is 11.4 Å². The van der Waals surface area contributed by atoms with Gasteiger partial charge in [0.05, 0.1) is 46.5 Å². The van der Waals surface area contributed by atoms with Crippen LogP contribution in [0.15, 0.2) is 210 Å². The van der Waals surface area contributed by atoms with Gasteiger partial charge in [0, 0.05) is 67.5 Å². The Labute approximate surface area is 554 Å². The first kappa shape index (κ1) is 48.1. The molecule has 6 unspecified atom stereocenters. The van der Waals surface area contributed by atoms with Gasteiger partial charge in [0.2, 0.25) is 0 Å². The van der Waals surface area contributed by atoms with Crippen LogP contribution in [0.1, 0.15) is 181 Å². The highest BCUT2D eigenvalue weighted by Gasteiger charge is 2.50. The van der Waals surface area contributed by atoms with Crippen LogP contribution < -0.4 is 26.2 Å². The maximum Gasteiger partial charge on any atom is 0.252 e. The van der Waals surface area contributed by atoms with Gasteiger partial charge in [-0.05, 0) is 250 Å². The Bertz CT molecular complexity index is 4830.